The minimum atomic E-state index is -3.60. The van der Waals surface area contributed by atoms with Gasteiger partial charge in [-0.3, -0.25) is 13.9 Å². The summed E-state index contributed by atoms with van der Waals surface area (Å²) in [6, 6.07) is 21.0. The van der Waals surface area contributed by atoms with Crippen LogP contribution in [0.5, 0.6) is 0 Å². The second kappa shape index (κ2) is 15.4. The third kappa shape index (κ3) is 9.48. The van der Waals surface area contributed by atoms with Crippen molar-refractivity contribution in [3.05, 3.63) is 99.5 Å². The molecule has 2 amide bonds. The van der Waals surface area contributed by atoms with E-state index in [0.29, 0.717) is 27.8 Å². The molecule has 0 aliphatic rings. The number of hydrogen-bond acceptors (Lipinski definition) is 4. The number of amides is 2. The number of hydrogen-bond donors (Lipinski definition) is 1. The highest BCUT2D eigenvalue weighted by Crippen LogP contribution is 2.28. The van der Waals surface area contributed by atoms with Crippen LogP contribution in [0.15, 0.2) is 72.8 Å². The lowest BCUT2D eigenvalue weighted by Crippen LogP contribution is -2.51. The van der Waals surface area contributed by atoms with E-state index in [1.807, 2.05) is 63.2 Å². The van der Waals surface area contributed by atoms with Crippen molar-refractivity contribution in [3.63, 3.8) is 0 Å². The van der Waals surface area contributed by atoms with Gasteiger partial charge in [0.15, 0.2) is 0 Å². The van der Waals surface area contributed by atoms with Gasteiger partial charge in [0.05, 0.1) is 11.9 Å². The van der Waals surface area contributed by atoms with Gasteiger partial charge in [-0.05, 0) is 48.6 Å². The van der Waals surface area contributed by atoms with Crippen molar-refractivity contribution in [2.24, 2.45) is 5.92 Å². The van der Waals surface area contributed by atoms with Crippen LogP contribution in [0.3, 0.4) is 0 Å². The minimum absolute atomic E-state index is 0.0166. The Morgan fingerprint density at radius 2 is 1.52 bits per heavy atom. The molecule has 42 heavy (non-hydrogen) atoms. The Morgan fingerprint density at radius 3 is 2.12 bits per heavy atom. The summed E-state index contributed by atoms with van der Waals surface area (Å²) in [5.41, 5.74) is 2.82. The van der Waals surface area contributed by atoms with Gasteiger partial charge in [0, 0.05) is 48.1 Å². The summed E-state index contributed by atoms with van der Waals surface area (Å²) in [5.74, 6) is -0.358. The molecule has 3 aromatic rings. The fourth-order valence-electron chi connectivity index (χ4n) is 4.66. The molecule has 7 nitrogen and oxygen atoms in total. The first-order chi connectivity index (χ1) is 19.9. The first-order valence-electron chi connectivity index (χ1n) is 14.0. The lowest BCUT2D eigenvalue weighted by atomic mass is 10.0. The molecule has 10 heteroatoms. The Labute approximate surface area is 259 Å². The van der Waals surface area contributed by atoms with Crippen LogP contribution in [-0.2, 0) is 32.6 Å². The first kappa shape index (κ1) is 33.4. The second-order valence-electron chi connectivity index (χ2n) is 10.8. The molecule has 1 unspecified atom stereocenters. The highest BCUT2D eigenvalue weighted by molar-refractivity contribution is 7.92. The molecule has 3 rings (SSSR count). The van der Waals surface area contributed by atoms with Crippen LogP contribution in [0.4, 0.5) is 5.69 Å². The number of sulfonamides is 1. The number of nitrogens with one attached hydrogen (secondary N) is 1. The van der Waals surface area contributed by atoms with E-state index in [0.717, 1.165) is 17.4 Å². The normalized spacial score (nSPS) is 12.2. The van der Waals surface area contributed by atoms with Gasteiger partial charge in [-0.25, -0.2) is 8.42 Å². The summed E-state index contributed by atoms with van der Waals surface area (Å²) < 4.78 is 26.7. The van der Waals surface area contributed by atoms with E-state index >= 15 is 0 Å². The molecular formula is C32H39Cl2N3O4S. The van der Waals surface area contributed by atoms with E-state index in [-0.39, 0.29) is 50.1 Å². The Morgan fingerprint density at radius 1 is 0.905 bits per heavy atom. The molecule has 0 heterocycles. The van der Waals surface area contributed by atoms with Crippen LogP contribution in [-0.4, -0.2) is 50.5 Å². The number of aryl methyl sites for hydroxylation is 1. The topological polar surface area (TPSA) is 86.8 Å². The third-order valence-electron chi connectivity index (χ3n) is 6.88. The first-order valence-corrected chi connectivity index (χ1v) is 16.6. The van der Waals surface area contributed by atoms with Crippen LogP contribution in [0, 0.1) is 12.8 Å². The highest BCUT2D eigenvalue weighted by Gasteiger charge is 2.31. The average molecular weight is 633 g/mol. The average Bonchev–Trinajstić information content (AvgIpc) is 2.93. The zero-order chi connectivity index (χ0) is 30.9. The zero-order valence-corrected chi connectivity index (χ0v) is 26.8. The standard InChI is InChI=1S/C32H39Cl2N3O4S/c1-23(2)21-35-32(39)30(20-25-13-6-5-7-14-25)36(22-26-27(33)15-10-16-28(26)34)31(38)18-11-19-37(42(4,40)41)29-17-9-8-12-24(29)3/h5-10,12-17,23,30H,11,18-22H2,1-4H3,(H,35,39). The number of para-hydroxylation sites is 1. The van der Waals surface area contributed by atoms with E-state index in [9.17, 15) is 18.0 Å². The van der Waals surface area contributed by atoms with E-state index in [1.54, 1.807) is 30.3 Å². The predicted octanol–water partition coefficient (Wildman–Crippen LogP) is 6.26. The number of anilines is 1. The molecule has 0 spiro atoms. The summed E-state index contributed by atoms with van der Waals surface area (Å²) in [6.07, 6.45) is 1.71. The summed E-state index contributed by atoms with van der Waals surface area (Å²) in [5, 5.41) is 3.77. The predicted molar refractivity (Wildman–Crippen MR) is 171 cm³/mol. The number of benzene rings is 3. The third-order valence-corrected chi connectivity index (χ3v) is 8.77. The van der Waals surface area contributed by atoms with Crippen LogP contribution in [0.25, 0.3) is 0 Å². The maximum absolute atomic E-state index is 14.0. The molecule has 226 valence electrons. The molecule has 0 fully saturated rings. The van der Waals surface area contributed by atoms with Crippen LogP contribution < -0.4 is 9.62 Å². The molecule has 0 aromatic heterocycles. The molecule has 0 bridgehead atoms. The van der Waals surface area contributed by atoms with Crippen molar-refractivity contribution < 1.29 is 18.0 Å². The lowest BCUT2D eigenvalue weighted by molar-refractivity contribution is -0.141. The number of carbonyl (C=O) groups is 2. The van der Waals surface area contributed by atoms with Crippen LogP contribution in [0.1, 0.15) is 43.4 Å². The molecule has 0 saturated carbocycles. The van der Waals surface area contributed by atoms with Gasteiger partial charge in [0.25, 0.3) is 0 Å². The minimum Gasteiger partial charge on any atom is -0.354 e. The Balaban J connectivity index is 1.93. The molecule has 1 N–H and O–H groups in total. The van der Waals surface area contributed by atoms with Gasteiger partial charge < -0.3 is 10.2 Å². The van der Waals surface area contributed by atoms with Crippen molar-refractivity contribution in [2.45, 2.75) is 52.6 Å². The van der Waals surface area contributed by atoms with Crippen molar-refractivity contribution in [3.8, 4) is 0 Å². The van der Waals surface area contributed by atoms with Gasteiger partial charge in [-0.1, -0.05) is 91.6 Å². The van der Waals surface area contributed by atoms with Gasteiger partial charge in [0.1, 0.15) is 6.04 Å². The quantitative estimate of drug-likeness (QED) is 0.227. The van der Waals surface area contributed by atoms with Crippen molar-refractivity contribution >= 4 is 50.7 Å². The summed E-state index contributed by atoms with van der Waals surface area (Å²) in [6.45, 7) is 6.44. The number of halogens is 2. The van der Waals surface area contributed by atoms with E-state index < -0.39 is 16.1 Å². The Kier molecular flexibility index (Phi) is 12.3. The van der Waals surface area contributed by atoms with Crippen molar-refractivity contribution in [1.82, 2.24) is 10.2 Å². The van der Waals surface area contributed by atoms with Gasteiger partial charge in [-0.2, -0.15) is 0 Å². The Hall–Kier alpha value is -3.07. The number of rotatable bonds is 14. The SMILES string of the molecule is Cc1ccccc1N(CCCC(=O)N(Cc1c(Cl)cccc1Cl)C(Cc1ccccc1)C(=O)NCC(C)C)S(C)(=O)=O. The molecule has 0 saturated heterocycles. The van der Waals surface area contributed by atoms with E-state index in [4.69, 9.17) is 23.2 Å². The molecule has 0 aliphatic carbocycles. The fourth-order valence-corrected chi connectivity index (χ4v) is 6.20. The van der Waals surface area contributed by atoms with E-state index in [2.05, 4.69) is 5.32 Å². The number of nitrogens with zero attached hydrogens (tertiary/aromatic N) is 2. The molecular weight excluding hydrogens is 593 g/mol. The Bertz CT molecular complexity index is 1450. The maximum Gasteiger partial charge on any atom is 0.243 e. The van der Waals surface area contributed by atoms with Crippen molar-refractivity contribution in [2.75, 3.05) is 23.7 Å². The lowest BCUT2D eigenvalue weighted by Gasteiger charge is -2.32. The monoisotopic (exact) mass is 631 g/mol. The largest absolute Gasteiger partial charge is 0.354 e. The van der Waals surface area contributed by atoms with Crippen LogP contribution in [0.2, 0.25) is 10.0 Å². The fraction of sp³-hybridized carbons (Fsp3) is 0.375. The maximum atomic E-state index is 14.0. The van der Waals surface area contributed by atoms with Crippen molar-refractivity contribution in [1.29, 1.82) is 0 Å². The van der Waals surface area contributed by atoms with Crippen LogP contribution >= 0.6 is 23.2 Å². The van der Waals surface area contributed by atoms with Gasteiger partial charge in [-0.15, -0.1) is 0 Å². The molecule has 0 aliphatic heterocycles. The zero-order valence-electron chi connectivity index (χ0n) is 24.5. The highest BCUT2D eigenvalue weighted by atomic mass is 35.5. The molecule has 1 atom stereocenters. The summed E-state index contributed by atoms with van der Waals surface area (Å²) in [4.78, 5) is 29.1. The summed E-state index contributed by atoms with van der Waals surface area (Å²) in [7, 11) is -3.60. The van der Waals surface area contributed by atoms with Gasteiger partial charge in [0.2, 0.25) is 21.8 Å². The number of carbonyl (C=O) groups excluding carboxylic acids is 2. The van der Waals surface area contributed by atoms with E-state index in [1.165, 1.54) is 9.21 Å². The second-order valence-corrected chi connectivity index (χ2v) is 13.5. The van der Waals surface area contributed by atoms with Gasteiger partial charge >= 0.3 is 0 Å². The summed E-state index contributed by atoms with van der Waals surface area (Å²) >= 11 is 13.0. The molecule has 0 radical (unpaired) electrons. The smallest absolute Gasteiger partial charge is 0.243 e. The molecule has 3 aromatic carbocycles.